The van der Waals surface area contributed by atoms with Crippen LogP contribution in [0.5, 0.6) is 5.75 Å². The number of hydrogen-bond donors (Lipinski definition) is 0. The van der Waals surface area contributed by atoms with Crippen LogP contribution in [0.3, 0.4) is 0 Å². The molecule has 25 heavy (non-hydrogen) atoms. The molecule has 0 radical (unpaired) electrons. The van der Waals surface area contributed by atoms with Crippen molar-refractivity contribution in [3.63, 3.8) is 0 Å². The van der Waals surface area contributed by atoms with E-state index in [0.29, 0.717) is 24.4 Å². The fourth-order valence-electron chi connectivity index (χ4n) is 2.55. The molecule has 0 saturated carbocycles. The molecule has 0 N–H and O–H groups in total. The Morgan fingerprint density at radius 1 is 1.08 bits per heavy atom. The number of benzene rings is 1. The number of ether oxygens (including phenoxy) is 1. The number of thiocarbonyl (C=S) groups is 1. The van der Waals surface area contributed by atoms with Crippen LogP contribution in [-0.4, -0.2) is 45.9 Å². The summed E-state index contributed by atoms with van der Waals surface area (Å²) < 4.78 is 5.91. The summed E-state index contributed by atoms with van der Waals surface area (Å²) in [6.45, 7) is 8.54. The molecule has 0 unspecified atom stereocenters. The van der Waals surface area contributed by atoms with Gasteiger partial charge in [-0.3, -0.25) is 19.4 Å². The highest BCUT2D eigenvalue weighted by Gasteiger charge is 2.37. The van der Waals surface area contributed by atoms with E-state index in [9.17, 15) is 9.59 Å². The Bertz CT molecular complexity index is 686. The predicted octanol–water partition coefficient (Wildman–Crippen LogP) is 3.24. The Hall–Kier alpha value is -2.21. The van der Waals surface area contributed by atoms with Crippen LogP contribution in [0, 0.1) is 0 Å². The number of carbonyl (C=O) groups excluding carboxylic acids is 2. The van der Waals surface area contributed by atoms with Crippen molar-refractivity contribution in [2.75, 3.05) is 13.1 Å². The molecule has 5 nitrogen and oxygen atoms in total. The molecule has 0 spiro atoms. The van der Waals surface area contributed by atoms with Crippen molar-refractivity contribution in [3.05, 3.63) is 35.4 Å². The SMILES string of the molecule is CC[C@H](C)Oc1ccccc1C=C1C(=O)N(CC)C(=S)N(CC)C1=O. The molecular formula is C19H24N2O3S. The minimum absolute atomic E-state index is 0.0455. The van der Waals surface area contributed by atoms with Crippen molar-refractivity contribution in [1.82, 2.24) is 9.80 Å². The van der Waals surface area contributed by atoms with E-state index in [1.165, 1.54) is 9.80 Å². The number of nitrogens with zero attached hydrogens (tertiary/aromatic N) is 2. The summed E-state index contributed by atoms with van der Waals surface area (Å²) in [5.41, 5.74) is 0.817. The molecule has 0 aliphatic carbocycles. The van der Waals surface area contributed by atoms with E-state index in [2.05, 4.69) is 0 Å². The molecule has 0 aromatic heterocycles. The van der Waals surface area contributed by atoms with E-state index in [1.54, 1.807) is 6.08 Å². The van der Waals surface area contributed by atoms with Gasteiger partial charge in [0.25, 0.3) is 11.8 Å². The number of hydrogen-bond acceptors (Lipinski definition) is 4. The minimum Gasteiger partial charge on any atom is -0.490 e. The van der Waals surface area contributed by atoms with Crippen molar-refractivity contribution < 1.29 is 14.3 Å². The normalized spacial score (nSPS) is 16.3. The summed E-state index contributed by atoms with van der Waals surface area (Å²) in [6.07, 6.45) is 2.52. The summed E-state index contributed by atoms with van der Waals surface area (Å²) in [4.78, 5) is 28.3. The molecule has 1 fully saturated rings. The summed E-state index contributed by atoms with van der Waals surface area (Å²) in [6, 6.07) is 7.41. The third kappa shape index (κ3) is 3.90. The number of carbonyl (C=O) groups is 2. The summed E-state index contributed by atoms with van der Waals surface area (Å²) in [7, 11) is 0. The summed E-state index contributed by atoms with van der Waals surface area (Å²) >= 11 is 5.28. The van der Waals surface area contributed by atoms with E-state index >= 15 is 0 Å². The van der Waals surface area contributed by atoms with Gasteiger partial charge in [-0.15, -0.1) is 0 Å². The van der Waals surface area contributed by atoms with Crippen molar-refractivity contribution in [1.29, 1.82) is 0 Å². The lowest BCUT2D eigenvalue weighted by molar-refractivity contribution is -0.133. The van der Waals surface area contributed by atoms with Crippen LogP contribution in [0.4, 0.5) is 0 Å². The zero-order valence-electron chi connectivity index (χ0n) is 15.1. The van der Waals surface area contributed by atoms with Gasteiger partial charge in [0.05, 0.1) is 6.10 Å². The number of likely N-dealkylation sites (N-methyl/N-ethyl adjacent to an activating group) is 2. The first-order valence-corrected chi connectivity index (χ1v) is 9.00. The highest BCUT2D eigenvalue weighted by Crippen LogP contribution is 2.26. The van der Waals surface area contributed by atoms with E-state index in [0.717, 1.165) is 6.42 Å². The van der Waals surface area contributed by atoms with Crippen LogP contribution < -0.4 is 4.74 Å². The Balaban J connectivity index is 2.47. The second kappa shape index (κ2) is 8.25. The van der Waals surface area contributed by atoms with Crippen LogP contribution in [0.1, 0.15) is 39.7 Å². The van der Waals surface area contributed by atoms with Crippen LogP contribution in [0.25, 0.3) is 6.08 Å². The Morgan fingerprint density at radius 2 is 1.64 bits per heavy atom. The molecule has 2 amide bonds. The maximum absolute atomic E-state index is 12.7. The lowest BCUT2D eigenvalue weighted by Gasteiger charge is -2.35. The minimum atomic E-state index is -0.361. The average molecular weight is 360 g/mol. The quantitative estimate of drug-likeness (QED) is 0.444. The third-order valence-electron chi connectivity index (χ3n) is 4.17. The predicted molar refractivity (Wildman–Crippen MR) is 102 cm³/mol. The molecule has 1 atom stereocenters. The number of rotatable bonds is 6. The zero-order chi connectivity index (χ0) is 18.6. The molecule has 6 heteroatoms. The van der Waals surface area contributed by atoms with Crippen molar-refractivity contribution in [3.8, 4) is 5.75 Å². The van der Waals surface area contributed by atoms with Crippen LogP contribution in [0.15, 0.2) is 29.8 Å². The highest BCUT2D eigenvalue weighted by molar-refractivity contribution is 7.80. The Labute approximate surface area is 154 Å². The highest BCUT2D eigenvalue weighted by atomic mass is 32.1. The number of amides is 2. The molecule has 0 bridgehead atoms. The monoisotopic (exact) mass is 360 g/mol. The van der Waals surface area contributed by atoms with Gasteiger partial charge in [0.2, 0.25) is 0 Å². The summed E-state index contributed by atoms with van der Waals surface area (Å²) in [5.74, 6) is -0.0646. The van der Waals surface area contributed by atoms with Gasteiger partial charge in [-0.1, -0.05) is 25.1 Å². The Morgan fingerprint density at radius 3 is 2.16 bits per heavy atom. The van der Waals surface area contributed by atoms with Gasteiger partial charge in [-0.25, -0.2) is 0 Å². The van der Waals surface area contributed by atoms with Gasteiger partial charge in [-0.2, -0.15) is 0 Å². The van der Waals surface area contributed by atoms with Gasteiger partial charge in [0, 0.05) is 18.7 Å². The lowest BCUT2D eigenvalue weighted by Crippen LogP contribution is -2.55. The molecular weight excluding hydrogens is 336 g/mol. The van der Waals surface area contributed by atoms with Crippen LogP contribution in [-0.2, 0) is 9.59 Å². The van der Waals surface area contributed by atoms with Gasteiger partial charge < -0.3 is 4.74 Å². The van der Waals surface area contributed by atoms with Gasteiger partial charge in [-0.05, 0) is 51.6 Å². The molecule has 2 rings (SSSR count). The zero-order valence-corrected chi connectivity index (χ0v) is 15.9. The fourth-order valence-corrected chi connectivity index (χ4v) is 2.97. The molecule has 134 valence electrons. The smallest absolute Gasteiger partial charge is 0.265 e. The second-order valence-electron chi connectivity index (χ2n) is 5.81. The molecule has 1 aromatic carbocycles. The van der Waals surface area contributed by atoms with E-state index < -0.39 is 0 Å². The van der Waals surface area contributed by atoms with Crippen molar-refractivity contribution >= 4 is 35.2 Å². The maximum atomic E-state index is 12.7. The molecule has 1 aromatic rings. The van der Waals surface area contributed by atoms with E-state index in [-0.39, 0.29) is 28.6 Å². The molecule has 1 heterocycles. The van der Waals surface area contributed by atoms with Gasteiger partial charge in [0.1, 0.15) is 11.3 Å². The lowest BCUT2D eigenvalue weighted by atomic mass is 10.1. The number of para-hydroxylation sites is 1. The van der Waals surface area contributed by atoms with Crippen LogP contribution >= 0.6 is 12.2 Å². The van der Waals surface area contributed by atoms with Gasteiger partial charge >= 0.3 is 0 Å². The third-order valence-corrected chi connectivity index (χ3v) is 4.61. The first kappa shape index (κ1) is 19.1. The molecule has 1 aliphatic heterocycles. The molecule has 1 aliphatic rings. The van der Waals surface area contributed by atoms with E-state index in [1.807, 2.05) is 52.0 Å². The Kier molecular flexibility index (Phi) is 6.31. The fraction of sp³-hybridized carbons (Fsp3) is 0.421. The first-order valence-electron chi connectivity index (χ1n) is 8.59. The topological polar surface area (TPSA) is 49.9 Å². The van der Waals surface area contributed by atoms with E-state index in [4.69, 9.17) is 17.0 Å². The summed E-state index contributed by atoms with van der Waals surface area (Å²) in [5, 5.41) is 0.265. The van der Waals surface area contributed by atoms with Crippen molar-refractivity contribution in [2.45, 2.75) is 40.2 Å². The second-order valence-corrected chi connectivity index (χ2v) is 6.18. The average Bonchev–Trinajstić information content (AvgIpc) is 2.60. The van der Waals surface area contributed by atoms with Gasteiger partial charge in [0.15, 0.2) is 5.11 Å². The van der Waals surface area contributed by atoms with Crippen molar-refractivity contribution in [2.24, 2.45) is 0 Å². The largest absolute Gasteiger partial charge is 0.490 e. The standard InChI is InChI=1S/C19H24N2O3S/c1-5-13(4)24-16-11-9-8-10-14(16)12-15-17(22)20(6-2)19(25)21(7-3)18(15)23/h8-13H,5-7H2,1-4H3/t13-/m0/s1. The molecule has 1 saturated heterocycles. The van der Waals surface area contributed by atoms with Crippen LogP contribution in [0.2, 0.25) is 0 Å². The first-order chi connectivity index (χ1) is 11.9. The maximum Gasteiger partial charge on any atom is 0.265 e.